The molecular weight excluding hydrogens is 220 g/mol. The van der Waals surface area contributed by atoms with Crippen LogP contribution < -0.4 is 4.74 Å². The van der Waals surface area contributed by atoms with E-state index in [4.69, 9.17) is 14.2 Å². The number of methoxy groups -OCH3 is 2. The van der Waals surface area contributed by atoms with E-state index in [1.165, 1.54) is 14.2 Å². The Morgan fingerprint density at radius 2 is 1.71 bits per heavy atom. The van der Waals surface area contributed by atoms with E-state index in [0.717, 1.165) is 0 Å². The number of carbonyl (C=O) groups excluding carboxylic acids is 1. The molecule has 0 saturated heterocycles. The Morgan fingerprint density at radius 1 is 1.12 bits per heavy atom. The fraction of sp³-hybridized carbons (Fsp3) is 0.308. The van der Waals surface area contributed by atoms with Gasteiger partial charge in [0.2, 0.25) is 0 Å². The van der Waals surface area contributed by atoms with E-state index >= 15 is 0 Å². The van der Waals surface area contributed by atoms with Gasteiger partial charge in [-0.25, -0.2) is 4.79 Å². The van der Waals surface area contributed by atoms with E-state index in [1.807, 2.05) is 13.0 Å². The molecule has 1 aromatic rings. The number of rotatable bonds is 5. The van der Waals surface area contributed by atoms with E-state index in [9.17, 15) is 4.79 Å². The Bertz CT molecular complexity index is 389. The highest BCUT2D eigenvalue weighted by Gasteiger charge is 2.17. The number of carbonyl (C=O) groups is 1. The molecule has 0 unspecified atom stereocenters. The van der Waals surface area contributed by atoms with Crippen LogP contribution in [-0.2, 0) is 14.3 Å². The van der Waals surface area contributed by atoms with Crippen molar-refractivity contribution in [1.29, 1.82) is 0 Å². The lowest BCUT2D eigenvalue weighted by molar-refractivity contribution is -0.131. The maximum atomic E-state index is 11.9. The second-order valence-corrected chi connectivity index (χ2v) is 3.23. The van der Waals surface area contributed by atoms with Gasteiger partial charge in [0.25, 0.3) is 5.95 Å². The van der Waals surface area contributed by atoms with Gasteiger partial charge in [0.05, 0.1) is 14.2 Å². The van der Waals surface area contributed by atoms with Crippen LogP contribution >= 0.6 is 0 Å². The average Bonchev–Trinajstić information content (AvgIpc) is 2.36. The standard InChI is InChI=1S/C13H16O4/c1-4-11(13(15-2)16-3)12(14)17-10-8-6-5-7-9-10/h5-9H,4H2,1-3H3. The van der Waals surface area contributed by atoms with Crippen LogP contribution in [0.4, 0.5) is 0 Å². The molecule has 4 heteroatoms. The third-order valence-corrected chi connectivity index (χ3v) is 2.17. The first kappa shape index (κ1) is 13.1. The fourth-order valence-electron chi connectivity index (χ4n) is 1.36. The molecular formula is C13H16O4. The topological polar surface area (TPSA) is 44.8 Å². The van der Waals surface area contributed by atoms with Crippen LogP contribution in [0.15, 0.2) is 41.9 Å². The number of hydrogen-bond donors (Lipinski definition) is 0. The van der Waals surface area contributed by atoms with Crippen LogP contribution in [0.1, 0.15) is 13.3 Å². The molecule has 0 saturated carbocycles. The summed E-state index contributed by atoms with van der Waals surface area (Å²) in [5.41, 5.74) is 0.374. The minimum absolute atomic E-state index is 0.188. The molecule has 0 fully saturated rings. The third-order valence-electron chi connectivity index (χ3n) is 2.17. The summed E-state index contributed by atoms with van der Waals surface area (Å²) in [7, 11) is 2.90. The number of ether oxygens (including phenoxy) is 3. The Kier molecular flexibility index (Phi) is 5.07. The molecule has 0 aromatic heterocycles. The predicted molar refractivity (Wildman–Crippen MR) is 63.4 cm³/mol. The summed E-state index contributed by atoms with van der Waals surface area (Å²) in [6.07, 6.45) is 0.475. The molecule has 0 radical (unpaired) electrons. The van der Waals surface area contributed by atoms with Crippen LogP contribution in [0, 0.1) is 0 Å². The first-order chi connectivity index (χ1) is 8.22. The number of benzene rings is 1. The van der Waals surface area contributed by atoms with Crippen molar-refractivity contribution in [2.45, 2.75) is 13.3 Å². The predicted octanol–water partition coefficient (Wildman–Crippen LogP) is 2.51. The number of para-hydroxylation sites is 1. The van der Waals surface area contributed by atoms with Gasteiger partial charge in [-0.15, -0.1) is 0 Å². The van der Waals surface area contributed by atoms with Gasteiger partial charge < -0.3 is 14.2 Å². The molecule has 92 valence electrons. The Balaban J connectivity index is 2.85. The van der Waals surface area contributed by atoms with Gasteiger partial charge in [0.1, 0.15) is 11.3 Å². The highest BCUT2D eigenvalue weighted by Crippen LogP contribution is 2.16. The van der Waals surface area contributed by atoms with Crippen molar-refractivity contribution in [2.24, 2.45) is 0 Å². The average molecular weight is 236 g/mol. The summed E-state index contributed by atoms with van der Waals surface area (Å²) < 4.78 is 15.1. The molecule has 0 spiro atoms. The fourth-order valence-corrected chi connectivity index (χ4v) is 1.36. The van der Waals surface area contributed by atoms with Crippen LogP contribution in [-0.4, -0.2) is 20.2 Å². The highest BCUT2D eigenvalue weighted by molar-refractivity contribution is 5.90. The van der Waals surface area contributed by atoms with E-state index in [-0.39, 0.29) is 5.95 Å². The summed E-state index contributed by atoms with van der Waals surface area (Å²) in [4.78, 5) is 11.9. The summed E-state index contributed by atoms with van der Waals surface area (Å²) in [6, 6.07) is 8.87. The minimum atomic E-state index is -0.461. The maximum absolute atomic E-state index is 11.9. The SMILES string of the molecule is CCC(C(=O)Oc1ccccc1)=C(OC)OC. The van der Waals surface area contributed by atoms with Crippen molar-refractivity contribution in [3.8, 4) is 5.75 Å². The van der Waals surface area contributed by atoms with Crippen molar-refractivity contribution in [2.75, 3.05) is 14.2 Å². The summed E-state index contributed by atoms with van der Waals surface area (Å²) >= 11 is 0. The number of hydrogen-bond acceptors (Lipinski definition) is 4. The normalized spacial score (nSPS) is 9.35. The van der Waals surface area contributed by atoms with Crippen molar-refractivity contribution >= 4 is 5.97 Å². The minimum Gasteiger partial charge on any atom is -0.468 e. The molecule has 4 nitrogen and oxygen atoms in total. The zero-order chi connectivity index (χ0) is 12.7. The molecule has 0 N–H and O–H groups in total. The lowest BCUT2D eigenvalue weighted by atomic mass is 10.2. The summed E-state index contributed by atoms with van der Waals surface area (Å²) in [5, 5.41) is 0. The molecule has 17 heavy (non-hydrogen) atoms. The van der Waals surface area contributed by atoms with E-state index in [2.05, 4.69) is 0 Å². The van der Waals surface area contributed by atoms with Crippen LogP contribution in [0.25, 0.3) is 0 Å². The van der Waals surface area contributed by atoms with E-state index in [0.29, 0.717) is 17.7 Å². The Labute approximate surface area is 101 Å². The Morgan fingerprint density at radius 3 is 2.18 bits per heavy atom. The van der Waals surface area contributed by atoms with Gasteiger partial charge in [-0.05, 0) is 18.6 Å². The lowest BCUT2D eigenvalue weighted by Gasteiger charge is -2.10. The molecule has 0 bridgehead atoms. The van der Waals surface area contributed by atoms with Gasteiger partial charge in [-0.3, -0.25) is 0 Å². The highest BCUT2D eigenvalue weighted by atomic mass is 16.7. The Hall–Kier alpha value is -1.97. The van der Waals surface area contributed by atoms with Crippen molar-refractivity contribution in [3.05, 3.63) is 41.9 Å². The number of esters is 1. The molecule has 0 amide bonds. The second-order valence-electron chi connectivity index (χ2n) is 3.23. The van der Waals surface area contributed by atoms with Gasteiger partial charge in [0.15, 0.2) is 0 Å². The molecule has 0 atom stereocenters. The molecule has 0 heterocycles. The summed E-state index contributed by atoms with van der Waals surface area (Å²) in [6.45, 7) is 1.83. The monoisotopic (exact) mass is 236 g/mol. The van der Waals surface area contributed by atoms with E-state index in [1.54, 1.807) is 24.3 Å². The summed E-state index contributed by atoms with van der Waals surface area (Å²) in [5.74, 6) is 0.223. The van der Waals surface area contributed by atoms with Crippen LogP contribution in [0.3, 0.4) is 0 Å². The van der Waals surface area contributed by atoms with Crippen molar-refractivity contribution < 1.29 is 19.0 Å². The molecule has 0 aliphatic heterocycles. The van der Waals surface area contributed by atoms with Gasteiger partial charge in [-0.2, -0.15) is 0 Å². The molecule has 1 aromatic carbocycles. The smallest absolute Gasteiger partial charge is 0.346 e. The lowest BCUT2D eigenvalue weighted by Crippen LogP contribution is -2.14. The zero-order valence-electron chi connectivity index (χ0n) is 10.2. The third kappa shape index (κ3) is 3.52. The van der Waals surface area contributed by atoms with Gasteiger partial charge >= 0.3 is 5.97 Å². The van der Waals surface area contributed by atoms with Gasteiger partial charge in [-0.1, -0.05) is 25.1 Å². The first-order valence-corrected chi connectivity index (χ1v) is 5.31. The van der Waals surface area contributed by atoms with Crippen molar-refractivity contribution in [3.63, 3.8) is 0 Å². The first-order valence-electron chi connectivity index (χ1n) is 5.31. The molecule has 0 aliphatic carbocycles. The van der Waals surface area contributed by atoms with E-state index < -0.39 is 5.97 Å². The van der Waals surface area contributed by atoms with Crippen LogP contribution in [0.5, 0.6) is 5.75 Å². The molecule has 1 rings (SSSR count). The van der Waals surface area contributed by atoms with Gasteiger partial charge in [0, 0.05) is 0 Å². The maximum Gasteiger partial charge on any atom is 0.346 e. The zero-order valence-corrected chi connectivity index (χ0v) is 10.2. The van der Waals surface area contributed by atoms with Crippen molar-refractivity contribution in [1.82, 2.24) is 0 Å². The second kappa shape index (κ2) is 6.58. The quantitative estimate of drug-likeness (QED) is 0.341. The van der Waals surface area contributed by atoms with Crippen LogP contribution in [0.2, 0.25) is 0 Å². The largest absolute Gasteiger partial charge is 0.468 e. The molecule has 0 aliphatic rings.